The Balaban J connectivity index is 1.75. The van der Waals surface area contributed by atoms with Crippen LogP contribution in [0.5, 0.6) is 0 Å². The molecule has 0 unspecified atom stereocenters. The summed E-state index contributed by atoms with van der Waals surface area (Å²) in [4.78, 5) is 17.9. The molecule has 0 bridgehead atoms. The van der Waals surface area contributed by atoms with Crippen molar-refractivity contribution >= 4 is 22.8 Å². The van der Waals surface area contributed by atoms with Crippen LogP contribution in [0, 0.1) is 5.82 Å². The molecule has 0 saturated heterocycles. The molecular formula is C19H21FN4OS. The molecule has 7 heteroatoms. The molecule has 4 rings (SSSR count). The maximum absolute atomic E-state index is 13.5. The van der Waals surface area contributed by atoms with Crippen LogP contribution in [0.15, 0.2) is 40.4 Å². The van der Waals surface area contributed by atoms with Crippen molar-refractivity contribution in [3.05, 3.63) is 52.2 Å². The van der Waals surface area contributed by atoms with E-state index < -0.39 is 0 Å². The predicted octanol–water partition coefficient (Wildman–Crippen LogP) is 4.07. The molecule has 1 aliphatic rings. The Kier molecular flexibility index (Phi) is 4.80. The van der Waals surface area contributed by atoms with Crippen LogP contribution in [0.1, 0.15) is 43.7 Å². The molecule has 1 aliphatic carbocycles. The topological polar surface area (TPSA) is 52.7 Å². The van der Waals surface area contributed by atoms with Gasteiger partial charge in [0.15, 0.2) is 10.8 Å². The van der Waals surface area contributed by atoms with E-state index in [0.29, 0.717) is 21.9 Å². The summed E-state index contributed by atoms with van der Waals surface area (Å²) in [6, 6.07) is 6.74. The van der Waals surface area contributed by atoms with E-state index in [2.05, 4.69) is 5.10 Å². The Bertz CT molecular complexity index is 991. The number of hydrogen-bond acceptors (Lipinski definition) is 4. The Morgan fingerprint density at radius 3 is 2.85 bits per heavy atom. The highest BCUT2D eigenvalue weighted by Gasteiger charge is 2.23. The third-order valence-corrected chi connectivity index (χ3v) is 5.98. The average Bonchev–Trinajstić information content (AvgIpc) is 3.02. The molecular weight excluding hydrogens is 351 g/mol. The van der Waals surface area contributed by atoms with Crippen molar-refractivity contribution in [3.63, 3.8) is 0 Å². The standard InChI is InChI=1S/C19H21FN4OS/c1-23-17-16(11-21-23)18(25)24(15-8-3-2-4-9-15)19(22-17)26-12-13-6-5-7-14(20)10-13/h5-7,10-11,15H,2-4,8-9,12H2,1H3. The molecule has 136 valence electrons. The number of halogens is 1. The van der Waals surface area contributed by atoms with E-state index in [1.54, 1.807) is 24.0 Å². The Hall–Kier alpha value is -2.15. The lowest BCUT2D eigenvalue weighted by Crippen LogP contribution is -2.29. The first-order valence-corrected chi connectivity index (χ1v) is 9.93. The second-order valence-corrected chi connectivity index (χ2v) is 7.73. The third-order valence-electron chi connectivity index (χ3n) is 4.96. The number of thioether (sulfide) groups is 1. The molecule has 5 nitrogen and oxygen atoms in total. The summed E-state index contributed by atoms with van der Waals surface area (Å²) in [6.45, 7) is 0. The van der Waals surface area contributed by atoms with Gasteiger partial charge in [-0.05, 0) is 30.5 Å². The summed E-state index contributed by atoms with van der Waals surface area (Å²) >= 11 is 1.49. The van der Waals surface area contributed by atoms with Gasteiger partial charge in [0.25, 0.3) is 5.56 Å². The number of aromatic nitrogens is 4. The van der Waals surface area contributed by atoms with E-state index in [-0.39, 0.29) is 17.4 Å². The highest BCUT2D eigenvalue weighted by atomic mass is 32.2. The van der Waals surface area contributed by atoms with E-state index in [0.717, 1.165) is 31.2 Å². The molecule has 0 N–H and O–H groups in total. The van der Waals surface area contributed by atoms with Crippen molar-refractivity contribution in [3.8, 4) is 0 Å². The van der Waals surface area contributed by atoms with Crippen LogP contribution < -0.4 is 5.56 Å². The van der Waals surface area contributed by atoms with Gasteiger partial charge in [-0.3, -0.25) is 14.0 Å². The van der Waals surface area contributed by atoms with E-state index in [1.807, 2.05) is 10.6 Å². The summed E-state index contributed by atoms with van der Waals surface area (Å²) in [6.07, 6.45) is 7.10. The molecule has 0 aliphatic heterocycles. The van der Waals surface area contributed by atoms with E-state index in [9.17, 15) is 9.18 Å². The molecule has 1 saturated carbocycles. The van der Waals surface area contributed by atoms with Gasteiger partial charge in [-0.25, -0.2) is 9.37 Å². The smallest absolute Gasteiger partial charge is 0.265 e. The van der Waals surface area contributed by atoms with Crippen molar-refractivity contribution in [1.82, 2.24) is 19.3 Å². The van der Waals surface area contributed by atoms with Crippen LogP contribution >= 0.6 is 11.8 Å². The maximum atomic E-state index is 13.5. The number of rotatable bonds is 4. The zero-order valence-corrected chi connectivity index (χ0v) is 15.5. The predicted molar refractivity (Wildman–Crippen MR) is 101 cm³/mol. The van der Waals surface area contributed by atoms with Crippen molar-refractivity contribution in [2.24, 2.45) is 7.05 Å². The minimum absolute atomic E-state index is 0.0169. The normalized spacial score (nSPS) is 15.6. The number of aryl methyl sites for hydroxylation is 1. The zero-order chi connectivity index (χ0) is 18.1. The molecule has 0 radical (unpaired) electrons. The van der Waals surface area contributed by atoms with Crippen molar-refractivity contribution < 1.29 is 4.39 Å². The molecule has 1 fully saturated rings. The zero-order valence-electron chi connectivity index (χ0n) is 14.7. The Morgan fingerprint density at radius 1 is 1.27 bits per heavy atom. The Morgan fingerprint density at radius 2 is 2.08 bits per heavy atom. The lowest BCUT2D eigenvalue weighted by molar-refractivity contribution is 0.326. The molecule has 3 aromatic rings. The van der Waals surface area contributed by atoms with Crippen molar-refractivity contribution in [2.75, 3.05) is 0 Å². The first-order valence-electron chi connectivity index (χ1n) is 8.95. The molecule has 2 heterocycles. The van der Waals surface area contributed by atoms with Gasteiger partial charge >= 0.3 is 0 Å². The first-order chi connectivity index (χ1) is 12.6. The second-order valence-electron chi connectivity index (χ2n) is 6.79. The van der Waals surface area contributed by atoms with E-state index in [4.69, 9.17) is 4.98 Å². The summed E-state index contributed by atoms with van der Waals surface area (Å²) in [5.41, 5.74) is 1.46. The molecule has 0 amide bonds. The molecule has 2 aromatic heterocycles. The highest BCUT2D eigenvalue weighted by Crippen LogP contribution is 2.32. The van der Waals surface area contributed by atoms with Crippen LogP contribution in [-0.4, -0.2) is 19.3 Å². The van der Waals surface area contributed by atoms with Crippen LogP contribution in [-0.2, 0) is 12.8 Å². The van der Waals surface area contributed by atoms with Crippen molar-refractivity contribution in [2.45, 2.75) is 49.1 Å². The van der Waals surface area contributed by atoms with Crippen LogP contribution in [0.25, 0.3) is 11.0 Å². The molecule has 1 aromatic carbocycles. The lowest BCUT2D eigenvalue weighted by Gasteiger charge is -2.25. The summed E-state index contributed by atoms with van der Waals surface area (Å²) < 4.78 is 16.9. The third kappa shape index (κ3) is 3.28. The number of nitrogens with zero attached hydrogens (tertiary/aromatic N) is 4. The van der Waals surface area contributed by atoms with Gasteiger partial charge in [0.2, 0.25) is 0 Å². The van der Waals surface area contributed by atoms with E-state index >= 15 is 0 Å². The van der Waals surface area contributed by atoms with Crippen molar-refractivity contribution in [1.29, 1.82) is 0 Å². The minimum atomic E-state index is -0.247. The fourth-order valence-electron chi connectivity index (χ4n) is 3.61. The average molecular weight is 372 g/mol. The summed E-state index contributed by atoms with van der Waals surface area (Å²) in [5.74, 6) is 0.322. The molecule has 26 heavy (non-hydrogen) atoms. The number of hydrogen-bond donors (Lipinski definition) is 0. The van der Waals surface area contributed by atoms with Gasteiger partial charge < -0.3 is 0 Å². The Labute approximate surface area is 155 Å². The van der Waals surface area contributed by atoms with Crippen LogP contribution in [0.2, 0.25) is 0 Å². The fourth-order valence-corrected chi connectivity index (χ4v) is 4.61. The minimum Gasteiger partial charge on any atom is -0.284 e. The van der Waals surface area contributed by atoms with Gasteiger partial charge in [-0.15, -0.1) is 0 Å². The fraction of sp³-hybridized carbons (Fsp3) is 0.421. The quantitative estimate of drug-likeness (QED) is 0.512. The SMILES string of the molecule is Cn1ncc2c(=O)n(C3CCCCC3)c(SCc3cccc(F)c3)nc21. The van der Waals surface area contributed by atoms with Crippen LogP contribution in [0.3, 0.4) is 0 Å². The number of fused-ring (bicyclic) bond motifs is 1. The van der Waals surface area contributed by atoms with Gasteiger partial charge in [0.05, 0.1) is 6.20 Å². The van der Waals surface area contributed by atoms with E-state index in [1.165, 1.54) is 30.3 Å². The lowest BCUT2D eigenvalue weighted by atomic mass is 9.95. The summed E-state index contributed by atoms with van der Waals surface area (Å²) in [5, 5.41) is 5.46. The first kappa shape index (κ1) is 17.3. The second kappa shape index (κ2) is 7.23. The molecule has 0 spiro atoms. The van der Waals surface area contributed by atoms with Gasteiger partial charge in [0.1, 0.15) is 11.2 Å². The summed E-state index contributed by atoms with van der Waals surface area (Å²) in [7, 11) is 1.79. The largest absolute Gasteiger partial charge is 0.284 e. The highest BCUT2D eigenvalue weighted by molar-refractivity contribution is 7.98. The number of benzene rings is 1. The van der Waals surface area contributed by atoms with Gasteiger partial charge in [-0.1, -0.05) is 43.2 Å². The van der Waals surface area contributed by atoms with Gasteiger partial charge in [-0.2, -0.15) is 5.10 Å². The monoisotopic (exact) mass is 372 g/mol. The van der Waals surface area contributed by atoms with Crippen LogP contribution in [0.4, 0.5) is 4.39 Å². The molecule has 0 atom stereocenters. The van der Waals surface area contributed by atoms with Gasteiger partial charge in [0, 0.05) is 18.8 Å². The maximum Gasteiger partial charge on any atom is 0.265 e.